The Morgan fingerprint density at radius 1 is 1.27 bits per heavy atom. The topological polar surface area (TPSA) is 9.23 Å². The number of para-hydroxylation sites is 1. The highest BCUT2D eigenvalue weighted by molar-refractivity contribution is 9.09. The lowest BCUT2D eigenvalue weighted by Crippen LogP contribution is -2.01. The Balaban J connectivity index is 2.58. The summed E-state index contributed by atoms with van der Waals surface area (Å²) < 4.78 is 5.59. The van der Waals surface area contributed by atoms with Gasteiger partial charge in [0.1, 0.15) is 5.75 Å². The van der Waals surface area contributed by atoms with Gasteiger partial charge < -0.3 is 4.74 Å². The molecule has 0 amide bonds. The molecule has 0 N–H and O–H groups in total. The second-order valence-electron chi connectivity index (χ2n) is 3.58. The third kappa shape index (κ3) is 4.25. The fourth-order valence-electron chi connectivity index (χ4n) is 1.52. The Hall–Kier alpha value is -0.500. The number of hydrogen-bond acceptors (Lipinski definition) is 1. The van der Waals surface area contributed by atoms with Gasteiger partial charge >= 0.3 is 0 Å². The molecular formula is C13H19BrO. The van der Waals surface area contributed by atoms with E-state index in [1.54, 1.807) is 0 Å². The lowest BCUT2D eigenvalue weighted by atomic mass is 10.1. The van der Waals surface area contributed by atoms with Crippen molar-refractivity contribution >= 4 is 15.9 Å². The predicted octanol–water partition coefficient (Wildman–Crippen LogP) is 4.19. The molecule has 1 rings (SSSR count). The molecular weight excluding hydrogens is 252 g/mol. The zero-order valence-corrected chi connectivity index (χ0v) is 11.1. The van der Waals surface area contributed by atoms with Crippen LogP contribution >= 0.6 is 15.9 Å². The molecule has 0 aliphatic rings. The van der Waals surface area contributed by atoms with Crippen LogP contribution in [0.3, 0.4) is 0 Å². The first kappa shape index (κ1) is 12.6. The van der Waals surface area contributed by atoms with E-state index in [-0.39, 0.29) is 0 Å². The number of ether oxygens (including phenoxy) is 1. The quantitative estimate of drug-likeness (QED) is 0.705. The molecule has 0 bridgehead atoms. The average molecular weight is 271 g/mol. The fourth-order valence-corrected chi connectivity index (χ4v) is 1.75. The van der Waals surface area contributed by atoms with Gasteiger partial charge in [-0.2, -0.15) is 0 Å². The van der Waals surface area contributed by atoms with Crippen molar-refractivity contribution in [2.45, 2.75) is 37.9 Å². The van der Waals surface area contributed by atoms with E-state index in [0.29, 0.717) is 4.83 Å². The second kappa shape index (κ2) is 6.89. The molecule has 0 saturated heterocycles. The number of aryl methyl sites for hydroxylation is 1. The van der Waals surface area contributed by atoms with Crippen LogP contribution in [0.4, 0.5) is 0 Å². The Morgan fingerprint density at radius 2 is 2.00 bits per heavy atom. The molecule has 1 nitrogen and oxygen atoms in total. The first-order valence-corrected chi connectivity index (χ1v) is 6.54. The van der Waals surface area contributed by atoms with Crippen molar-refractivity contribution in [2.75, 3.05) is 6.61 Å². The Morgan fingerprint density at radius 3 is 2.67 bits per heavy atom. The largest absolute Gasteiger partial charge is 0.494 e. The van der Waals surface area contributed by atoms with E-state index in [0.717, 1.165) is 18.8 Å². The molecule has 0 saturated carbocycles. The van der Waals surface area contributed by atoms with Crippen LogP contribution in [0.5, 0.6) is 5.75 Å². The van der Waals surface area contributed by atoms with E-state index in [1.807, 2.05) is 19.1 Å². The zero-order valence-electron chi connectivity index (χ0n) is 9.50. The van der Waals surface area contributed by atoms with Gasteiger partial charge in [-0.1, -0.05) is 41.1 Å². The molecule has 2 heteroatoms. The van der Waals surface area contributed by atoms with Gasteiger partial charge in [0.25, 0.3) is 0 Å². The van der Waals surface area contributed by atoms with Crippen molar-refractivity contribution in [3.8, 4) is 5.75 Å². The SMILES string of the molecule is CCOc1ccccc1CCC(Br)CC. The summed E-state index contributed by atoms with van der Waals surface area (Å²) >= 11 is 3.66. The van der Waals surface area contributed by atoms with E-state index >= 15 is 0 Å². The number of benzene rings is 1. The number of hydrogen-bond donors (Lipinski definition) is 0. The maximum Gasteiger partial charge on any atom is 0.122 e. The third-order valence-electron chi connectivity index (χ3n) is 2.44. The Labute approximate surface area is 101 Å². The highest BCUT2D eigenvalue weighted by Gasteiger charge is 2.05. The van der Waals surface area contributed by atoms with Gasteiger partial charge in [0.15, 0.2) is 0 Å². The maximum absolute atomic E-state index is 5.59. The van der Waals surface area contributed by atoms with Gasteiger partial charge in [0, 0.05) is 4.83 Å². The van der Waals surface area contributed by atoms with Crippen molar-refractivity contribution in [1.82, 2.24) is 0 Å². The van der Waals surface area contributed by atoms with Crippen molar-refractivity contribution in [3.63, 3.8) is 0 Å². The summed E-state index contributed by atoms with van der Waals surface area (Å²) in [6, 6.07) is 8.31. The molecule has 0 aromatic heterocycles. The second-order valence-corrected chi connectivity index (χ2v) is 4.88. The lowest BCUT2D eigenvalue weighted by Gasteiger charge is -2.11. The molecule has 0 aliphatic carbocycles. The molecule has 0 spiro atoms. The van der Waals surface area contributed by atoms with Crippen LogP contribution < -0.4 is 4.74 Å². The Bertz CT molecular complexity index is 286. The molecule has 1 aromatic rings. The molecule has 0 fully saturated rings. The van der Waals surface area contributed by atoms with Crippen LogP contribution in [-0.2, 0) is 6.42 Å². The molecule has 0 aliphatic heterocycles. The third-order valence-corrected chi connectivity index (χ3v) is 3.55. The van der Waals surface area contributed by atoms with E-state index in [1.165, 1.54) is 18.4 Å². The number of rotatable bonds is 6. The molecule has 15 heavy (non-hydrogen) atoms. The molecule has 1 aromatic carbocycles. The molecule has 0 heterocycles. The number of halogens is 1. The van der Waals surface area contributed by atoms with Crippen LogP contribution in [0.2, 0.25) is 0 Å². The van der Waals surface area contributed by atoms with Gasteiger partial charge in [-0.25, -0.2) is 0 Å². The smallest absolute Gasteiger partial charge is 0.122 e. The molecule has 84 valence electrons. The van der Waals surface area contributed by atoms with Gasteiger partial charge in [0.05, 0.1) is 6.61 Å². The van der Waals surface area contributed by atoms with Gasteiger partial charge in [0.2, 0.25) is 0 Å². The first-order chi connectivity index (χ1) is 7.27. The highest BCUT2D eigenvalue weighted by Crippen LogP contribution is 2.22. The average Bonchev–Trinajstić information content (AvgIpc) is 2.28. The lowest BCUT2D eigenvalue weighted by molar-refractivity contribution is 0.336. The van der Waals surface area contributed by atoms with Crippen LogP contribution in [0.25, 0.3) is 0 Å². The van der Waals surface area contributed by atoms with Crippen LogP contribution in [0, 0.1) is 0 Å². The fraction of sp³-hybridized carbons (Fsp3) is 0.538. The summed E-state index contributed by atoms with van der Waals surface area (Å²) in [5.41, 5.74) is 1.32. The summed E-state index contributed by atoms with van der Waals surface area (Å²) in [5.74, 6) is 1.04. The van der Waals surface area contributed by atoms with Crippen LogP contribution in [0.1, 0.15) is 32.3 Å². The predicted molar refractivity (Wildman–Crippen MR) is 68.9 cm³/mol. The van der Waals surface area contributed by atoms with Crippen molar-refractivity contribution in [3.05, 3.63) is 29.8 Å². The summed E-state index contributed by atoms with van der Waals surface area (Å²) in [6.07, 6.45) is 3.43. The van der Waals surface area contributed by atoms with Crippen LogP contribution in [0.15, 0.2) is 24.3 Å². The van der Waals surface area contributed by atoms with E-state index in [2.05, 4.69) is 35.0 Å². The standard InChI is InChI=1S/C13H19BrO/c1-3-12(14)10-9-11-7-5-6-8-13(11)15-4-2/h5-8,12H,3-4,9-10H2,1-2H3. The van der Waals surface area contributed by atoms with E-state index in [9.17, 15) is 0 Å². The summed E-state index contributed by atoms with van der Waals surface area (Å²) in [7, 11) is 0. The Kier molecular flexibility index (Phi) is 5.77. The molecule has 0 radical (unpaired) electrons. The zero-order chi connectivity index (χ0) is 11.1. The summed E-state index contributed by atoms with van der Waals surface area (Å²) in [5, 5.41) is 0. The first-order valence-electron chi connectivity index (χ1n) is 5.62. The minimum atomic E-state index is 0.618. The maximum atomic E-state index is 5.59. The van der Waals surface area contributed by atoms with E-state index < -0.39 is 0 Å². The minimum absolute atomic E-state index is 0.618. The van der Waals surface area contributed by atoms with Gasteiger partial charge in [-0.3, -0.25) is 0 Å². The van der Waals surface area contributed by atoms with Gasteiger partial charge in [-0.05, 0) is 37.8 Å². The molecule has 1 atom stereocenters. The summed E-state index contributed by atoms with van der Waals surface area (Å²) in [4.78, 5) is 0.618. The number of alkyl halides is 1. The van der Waals surface area contributed by atoms with Crippen LogP contribution in [-0.4, -0.2) is 11.4 Å². The minimum Gasteiger partial charge on any atom is -0.494 e. The van der Waals surface area contributed by atoms with Crippen molar-refractivity contribution in [1.29, 1.82) is 0 Å². The monoisotopic (exact) mass is 270 g/mol. The van der Waals surface area contributed by atoms with Gasteiger partial charge in [-0.15, -0.1) is 0 Å². The normalized spacial score (nSPS) is 12.5. The molecule has 1 unspecified atom stereocenters. The summed E-state index contributed by atoms with van der Waals surface area (Å²) in [6.45, 7) is 4.96. The van der Waals surface area contributed by atoms with Crippen molar-refractivity contribution in [2.24, 2.45) is 0 Å². The van der Waals surface area contributed by atoms with Crippen molar-refractivity contribution < 1.29 is 4.74 Å². The van der Waals surface area contributed by atoms with E-state index in [4.69, 9.17) is 4.74 Å². The highest BCUT2D eigenvalue weighted by atomic mass is 79.9.